The Hall–Kier alpha value is -1.14. The Morgan fingerprint density at radius 1 is 0.857 bits per heavy atom. The van der Waals surface area contributed by atoms with Crippen molar-refractivity contribution in [1.82, 2.24) is 10.6 Å². The molecule has 0 bridgehead atoms. The molecular weight excluding hydrogens is 356 g/mol. The highest BCUT2D eigenvalue weighted by Crippen LogP contribution is 2.15. The fourth-order valence-corrected chi connectivity index (χ4v) is 2.63. The molecule has 0 aromatic rings. The van der Waals surface area contributed by atoms with Crippen molar-refractivity contribution in [2.75, 3.05) is 26.3 Å². The lowest BCUT2D eigenvalue weighted by atomic mass is 10.0. The van der Waals surface area contributed by atoms with Crippen LogP contribution < -0.4 is 10.6 Å². The molecule has 0 rings (SSSR count). The summed E-state index contributed by atoms with van der Waals surface area (Å²) in [6.07, 6.45) is 4.41. The van der Waals surface area contributed by atoms with Crippen molar-refractivity contribution < 1.29 is 19.1 Å². The molecule has 0 radical (unpaired) electrons. The topological polar surface area (TPSA) is 76.7 Å². The lowest BCUT2D eigenvalue weighted by Crippen LogP contribution is -2.36. The summed E-state index contributed by atoms with van der Waals surface area (Å²) in [6.45, 7) is 16.8. The molecule has 6 heteroatoms. The third kappa shape index (κ3) is 13.9. The zero-order chi connectivity index (χ0) is 21.6. The quantitative estimate of drug-likeness (QED) is 0.413. The number of nitrogens with one attached hydrogen (secondary N) is 2. The Bertz CT molecular complexity index is 450. The highest BCUT2D eigenvalue weighted by Gasteiger charge is 2.20. The Kier molecular flexibility index (Phi) is 13.4. The molecule has 1 atom stereocenters. The molecule has 2 N–H and O–H groups in total. The smallest absolute Gasteiger partial charge is 0.222 e. The van der Waals surface area contributed by atoms with Gasteiger partial charge in [-0.25, -0.2) is 0 Å². The SMILES string of the molecule is CCCOC(C)(C)CCNC(=O)CCC(C)C(=O)NCCC(C)(C)OCCC. The molecule has 0 saturated heterocycles. The minimum absolute atomic E-state index is 0.00631. The molecular formula is C22H44N2O4. The van der Waals surface area contributed by atoms with Crippen LogP contribution in [0.15, 0.2) is 0 Å². The molecule has 0 aliphatic carbocycles. The van der Waals surface area contributed by atoms with E-state index in [2.05, 4.69) is 24.5 Å². The zero-order valence-corrected chi connectivity index (χ0v) is 19.3. The number of carbonyl (C=O) groups excluding carboxylic acids is 2. The van der Waals surface area contributed by atoms with Crippen molar-refractivity contribution in [1.29, 1.82) is 0 Å². The highest BCUT2D eigenvalue weighted by molar-refractivity contribution is 5.80. The van der Waals surface area contributed by atoms with Crippen molar-refractivity contribution >= 4 is 11.8 Å². The predicted octanol–water partition coefficient (Wildman–Crippen LogP) is 3.83. The fraction of sp³-hybridized carbons (Fsp3) is 0.909. The van der Waals surface area contributed by atoms with Crippen molar-refractivity contribution in [2.24, 2.45) is 5.92 Å². The normalized spacial score (nSPS) is 13.2. The maximum atomic E-state index is 12.2. The van der Waals surface area contributed by atoms with Crippen LogP contribution in [0.5, 0.6) is 0 Å². The summed E-state index contributed by atoms with van der Waals surface area (Å²) in [5, 5.41) is 5.88. The molecule has 2 amide bonds. The predicted molar refractivity (Wildman–Crippen MR) is 114 cm³/mol. The van der Waals surface area contributed by atoms with Crippen molar-refractivity contribution in [2.45, 2.75) is 98.2 Å². The van der Waals surface area contributed by atoms with Gasteiger partial charge in [0, 0.05) is 38.6 Å². The van der Waals surface area contributed by atoms with Crippen LogP contribution in [0.2, 0.25) is 0 Å². The summed E-state index contributed by atoms with van der Waals surface area (Å²) >= 11 is 0. The Balaban J connectivity index is 3.98. The van der Waals surface area contributed by atoms with Crippen molar-refractivity contribution in [3.8, 4) is 0 Å². The monoisotopic (exact) mass is 400 g/mol. The average molecular weight is 401 g/mol. The number of rotatable bonds is 16. The van der Waals surface area contributed by atoms with Crippen LogP contribution in [0.3, 0.4) is 0 Å². The third-order valence-electron chi connectivity index (χ3n) is 4.72. The number of ether oxygens (including phenoxy) is 2. The minimum Gasteiger partial charge on any atom is -0.376 e. The average Bonchev–Trinajstić information content (AvgIpc) is 2.62. The molecule has 0 heterocycles. The molecule has 0 aromatic carbocycles. The van der Waals surface area contributed by atoms with E-state index in [1.165, 1.54) is 0 Å². The van der Waals surface area contributed by atoms with Gasteiger partial charge in [-0.05, 0) is 59.8 Å². The van der Waals surface area contributed by atoms with Gasteiger partial charge in [0.1, 0.15) is 0 Å². The summed E-state index contributed by atoms with van der Waals surface area (Å²) in [4.78, 5) is 24.2. The van der Waals surface area contributed by atoms with Gasteiger partial charge in [-0.2, -0.15) is 0 Å². The van der Waals surface area contributed by atoms with Gasteiger partial charge >= 0.3 is 0 Å². The molecule has 0 aliphatic rings. The highest BCUT2D eigenvalue weighted by atomic mass is 16.5. The third-order valence-corrected chi connectivity index (χ3v) is 4.72. The van der Waals surface area contributed by atoms with Crippen LogP contribution in [0.4, 0.5) is 0 Å². The van der Waals surface area contributed by atoms with Gasteiger partial charge in [-0.15, -0.1) is 0 Å². The van der Waals surface area contributed by atoms with E-state index in [1.54, 1.807) is 0 Å². The molecule has 0 aliphatic heterocycles. The largest absolute Gasteiger partial charge is 0.376 e. The van der Waals surface area contributed by atoms with Crippen molar-refractivity contribution in [3.63, 3.8) is 0 Å². The number of hydrogen-bond acceptors (Lipinski definition) is 4. The van der Waals surface area contributed by atoms with Gasteiger partial charge in [0.05, 0.1) is 11.2 Å². The first-order valence-corrected chi connectivity index (χ1v) is 10.9. The molecule has 0 aromatic heterocycles. The summed E-state index contributed by atoms with van der Waals surface area (Å²) in [6, 6.07) is 0. The summed E-state index contributed by atoms with van der Waals surface area (Å²) in [7, 11) is 0. The second-order valence-electron chi connectivity index (χ2n) is 8.80. The molecule has 0 fully saturated rings. The van der Waals surface area contributed by atoms with E-state index in [4.69, 9.17) is 9.47 Å². The van der Waals surface area contributed by atoms with Gasteiger partial charge in [0.2, 0.25) is 11.8 Å². The molecule has 28 heavy (non-hydrogen) atoms. The zero-order valence-electron chi connectivity index (χ0n) is 19.3. The first kappa shape index (κ1) is 26.9. The molecule has 6 nitrogen and oxygen atoms in total. The van der Waals surface area contributed by atoms with Crippen LogP contribution in [-0.4, -0.2) is 49.3 Å². The maximum absolute atomic E-state index is 12.2. The second kappa shape index (κ2) is 13.9. The van der Waals surface area contributed by atoms with Crippen molar-refractivity contribution in [3.05, 3.63) is 0 Å². The van der Waals surface area contributed by atoms with Gasteiger partial charge in [-0.1, -0.05) is 20.8 Å². The molecule has 0 saturated carbocycles. The molecule has 1 unspecified atom stereocenters. The van der Waals surface area contributed by atoms with E-state index in [0.717, 1.165) is 38.9 Å². The number of amides is 2. The van der Waals surface area contributed by atoms with E-state index < -0.39 is 0 Å². The second-order valence-corrected chi connectivity index (χ2v) is 8.80. The first-order valence-electron chi connectivity index (χ1n) is 10.9. The molecule has 166 valence electrons. The summed E-state index contributed by atoms with van der Waals surface area (Å²) in [5.41, 5.74) is -0.466. The van der Waals surface area contributed by atoms with Crippen LogP contribution >= 0.6 is 0 Å². The standard InChI is InChI=1S/C22H44N2O4/c1-8-16-27-21(4,5)12-14-23-19(25)11-10-18(3)20(26)24-15-13-22(6,7)28-17-9-2/h18H,8-17H2,1-7H3,(H,23,25)(H,24,26). The van der Waals surface area contributed by atoms with Crippen LogP contribution in [-0.2, 0) is 19.1 Å². The van der Waals surface area contributed by atoms with Crippen LogP contribution in [0.25, 0.3) is 0 Å². The first-order chi connectivity index (χ1) is 13.0. The Labute approximate surface area is 172 Å². The van der Waals surface area contributed by atoms with E-state index in [1.807, 2.05) is 34.6 Å². The lowest BCUT2D eigenvalue weighted by molar-refractivity contribution is -0.125. The van der Waals surface area contributed by atoms with Gasteiger partial charge < -0.3 is 20.1 Å². The maximum Gasteiger partial charge on any atom is 0.222 e. The Morgan fingerprint density at radius 3 is 1.79 bits per heavy atom. The van der Waals surface area contributed by atoms with E-state index in [0.29, 0.717) is 25.9 Å². The van der Waals surface area contributed by atoms with E-state index in [-0.39, 0.29) is 28.9 Å². The number of hydrogen-bond donors (Lipinski definition) is 2. The van der Waals surface area contributed by atoms with Gasteiger partial charge in [0.25, 0.3) is 0 Å². The van der Waals surface area contributed by atoms with E-state index >= 15 is 0 Å². The van der Waals surface area contributed by atoms with Gasteiger partial charge in [-0.3, -0.25) is 9.59 Å². The van der Waals surface area contributed by atoms with Crippen LogP contribution in [0.1, 0.15) is 87.0 Å². The minimum atomic E-state index is -0.235. The summed E-state index contributed by atoms with van der Waals surface area (Å²) < 4.78 is 11.5. The summed E-state index contributed by atoms with van der Waals surface area (Å²) in [5.74, 6) is -0.206. The van der Waals surface area contributed by atoms with Gasteiger partial charge in [0.15, 0.2) is 0 Å². The van der Waals surface area contributed by atoms with E-state index in [9.17, 15) is 9.59 Å². The lowest BCUT2D eigenvalue weighted by Gasteiger charge is -2.25. The Morgan fingerprint density at radius 2 is 1.32 bits per heavy atom. The van der Waals surface area contributed by atoms with Crippen LogP contribution in [0, 0.1) is 5.92 Å². The fourth-order valence-electron chi connectivity index (χ4n) is 2.63. The number of carbonyl (C=O) groups is 2. The molecule has 0 spiro atoms.